The maximum atomic E-state index is 12.7. The van der Waals surface area contributed by atoms with Crippen LogP contribution < -0.4 is 10.1 Å². The zero-order valence-electron chi connectivity index (χ0n) is 17.6. The molecule has 0 radical (unpaired) electrons. The maximum absolute atomic E-state index is 12.7. The summed E-state index contributed by atoms with van der Waals surface area (Å²) >= 11 is 0. The molecule has 0 aliphatic carbocycles. The molecule has 0 fully saturated rings. The van der Waals surface area contributed by atoms with Crippen molar-refractivity contribution >= 4 is 11.6 Å². The van der Waals surface area contributed by atoms with Crippen molar-refractivity contribution in [1.82, 2.24) is 19.9 Å². The van der Waals surface area contributed by atoms with Crippen molar-refractivity contribution in [3.63, 3.8) is 0 Å². The van der Waals surface area contributed by atoms with Crippen molar-refractivity contribution in [2.45, 2.75) is 27.2 Å². The van der Waals surface area contributed by atoms with Gasteiger partial charge in [-0.15, -0.1) is 0 Å². The van der Waals surface area contributed by atoms with E-state index in [-0.39, 0.29) is 5.91 Å². The number of amides is 1. The molecule has 0 bridgehead atoms. The minimum atomic E-state index is -0.219. The molecule has 8 nitrogen and oxygen atoms in total. The lowest BCUT2D eigenvalue weighted by Gasteiger charge is -2.06. The highest BCUT2D eigenvalue weighted by Crippen LogP contribution is 2.21. The van der Waals surface area contributed by atoms with Crippen molar-refractivity contribution in [1.29, 1.82) is 0 Å². The number of ether oxygens (including phenoxy) is 1. The van der Waals surface area contributed by atoms with Crippen LogP contribution in [0.25, 0.3) is 17.1 Å². The number of aromatic nitrogens is 4. The van der Waals surface area contributed by atoms with Crippen LogP contribution in [0, 0.1) is 6.92 Å². The first kappa shape index (κ1) is 20.3. The number of rotatable bonds is 7. The molecule has 4 rings (SSSR count). The number of hydrogen-bond acceptors (Lipinski definition) is 6. The largest absolute Gasteiger partial charge is 0.494 e. The van der Waals surface area contributed by atoms with Gasteiger partial charge in [0.2, 0.25) is 11.7 Å². The smallest absolute Gasteiger partial charge is 0.259 e. The number of nitrogens with one attached hydrogen (secondary N) is 1. The molecule has 8 heteroatoms. The summed E-state index contributed by atoms with van der Waals surface area (Å²) in [6.07, 6.45) is 2.41. The van der Waals surface area contributed by atoms with Gasteiger partial charge in [0.1, 0.15) is 5.75 Å². The Bertz CT molecular complexity index is 1180. The SMILES string of the molecule is CCOc1ccc(NC(=O)c2cn(-c3ccc(-c4noc(CC)n4)cc3)nc2C)cc1. The summed E-state index contributed by atoms with van der Waals surface area (Å²) in [5, 5.41) is 11.4. The number of benzene rings is 2. The fourth-order valence-electron chi connectivity index (χ4n) is 3.09. The minimum absolute atomic E-state index is 0.219. The van der Waals surface area contributed by atoms with Crippen LogP contribution in [0.5, 0.6) is 5.75 Å². The Kier molecular flexibility index (Phi) is 5.79. The molecule has 0 atom stereocenters. The summed E-state index contributed by atoms with van der Waals surface area (Å²) in [5.41, 5.74) is 3.51. The third-order valence-corrected chi connectivity index (χ3v) is 4.73. The molecular weight excluding hydrogens is 394 g/mol. The predicted molar refractivity (Wildman–Crippen MR) is 117 cm³/mol. The van der Waals surface area contributed by atoms with Crippen molar-refractivity contribution in [3.05, 3.63) is 71.9 Å². The van der Waals surface area contributed by atoms with Gasteiger partial charge in [0.15, 0.2) is 0 Å². The van der Waals surface area contributed by atoms with Crippen molar-refractivity contribution in [3.8, 4) is 22.8 Å². The van der Waals surface area contributed by atoms with E-state index in [1.165, 1.54) is 0 Å². The summed E-state index contributed by atoms with van der Waals surface area (Å²) < 4.78 is 12.3. The summed E-state index contributed by atoms with van der Waals surface area (Å²) in [6, 6.07) is 14.9. The Labute approximate surface area is 179 Å². The number of carbonyl (C=O) groups is 1. The molecule has 0 saturated heterocycles. The lowest BCUT2D eigenvalue weighted by Crippen LogP contribution is -2.12. The first-order chi connectivity index (χ1) is 15.1. The van der Waals surface area contributed by atoms with Gasteiger partial charge in [0.25, 0.3) is 5.91 Å². The molecule has 0 aliphatic rings. The van der Waals surface area contributed by atoms with E-state index in [1.807, 2.05) is 69.3 Å². The molecule has 31 heavy (non-hydrogen) atoms. The first-order valence-corrected chi connectivity index (χ1v) is 10.1. The predicted octanol–water partition coefficient (Wildman–Crippen LogP) is 4.44. The van der Waals surface area contributed by atoms with Crippen LogP contribution in [0.15, 0.2) is 59.3 Å². The summed E-state index contributed by atoms with van der Waals surface area (Å²) in [5.74, 6) is 1.70. The second-order valence-electron chi connectivity index (χ2n) is 6.90. The standard InChI is InChI=1S/C23H23N5O3/c1-4-21-25-22(27-31-21)16-6-10-18(11-7-16)28-14-20(15(3)26-28)23(29)24-17-8-12-19(13-9-17)30-5-2/h6-14H,4-5H2,1-3H3,(H,24,29). The third-order valence-electron chi connectivity index (χ3n) is 4.73. The summed E-state index contributed by atoms with van der Waals surface area (Å²) in [6.45, 7) is 6.30. The monoisotopic (exact) mass is 417 g/mol. The van der Waals surface area contributed by atoms with Crippen LogP contribution in [0.1, 0.15) is 35.8 Å². The second-order valence-corrected chi connectivity index (χ2v) is 6.90. The van der Waals surface area contributed by atoms with E-state index in [0.29, 0.717) is 41.7 Å². The molecule has 0 aliphatic heterocycles. The van der Waals surface area contributed by atoms with E-state index in [9.17, 15) is 4.79 Å². The van der Waals surface area contributed by atoms with Gasteiger partial charge in [-0.2, -0.15) is 10.1 Å². The molecule has 2 heterocycles. The van der Waals surface area contributed by atoms with Gasteiger partial charge < -0.3 is 14.6 Å². The highest BCUT2D eigenvalue weighted by molar-refractivity contribution is 6.04. The number of aryl methyl sites for hydroxylation is 2. The fraction of sp³-hybridized carbons (Fsp3) is 0.217. The van der Waals surface area contributed by atoms with E-state index in [2.05, 4.69) is 20.6 Å². The minimum Gasteiger partial charge on any atom is -0.494 e. The van der Waals surface area contributed by atoms with Crippen LogP contribution in [0.4, 0.5) is 5.69 Å². The molecule has 1 N–H and O–H groups in total. The third kappa shape index (κ3) is 4.48. The molecule has 2 aromatic carbocycles. The first-order valence-electron chi connectivity index (χ1n) is 10.1. The molecule has 0 unspecified atom stereocenters. The molecule has 1 amide bonds. The van der Waals surface area contributed by atoms with Gasteiger partial charge in [-0.3, -0.25) is 4.79 Å². The van der Waals surface area contributed by atoms with Gasteiger partial charge in [0, 0.05) is 23.9 Å². The normalized spacial score (nSPS) is 10.8. The Hall–Kier alpha value is -3.94. The van der Waals surface area contributed by atoms with Gasteiger partial charge >= 0.3 is 0 Å². The quantitative estimate of drug-likeness (QED) is 0.477. The summed E-state index contributed by atoms with van der Waals surface area (Å²) in [7, 11) is 0. The second kappa shape index (κ2) is 8.83. The lowest BCUT2D eigenvalue weighted by atomic mass is 10.2. The van der Waals surface area contributed by atoms with E-state index >= 15 is 0 Å². The number of anilines is 1. The highest BCUT2D eigenvalue weighted by atomic mass is 16.5. The van der Waals surface area contributed by atoms with Crippen LogP contribution >= 0.6 is 0 Å². The Balaban J connectivity index is 1.49. The van der Waals surface area contributed by atoms with Crippen molar-refractivity contribution < 1.29 is 14.1 Å². The van der Waals surface area contributed by atoms with Crippen molar-refractivity contribution in [2.24, 2.45) is 0 Å². The molecule has 4 aromatic rings. The number of nitrogens with zero attached hydrogens (tertiary/aromatic N) is 4. The van der Waals surface area contributed by atoms with Gasteiger partial charge in [-0.05, 0) is 62.4 Å². The fourth-order valence-corrected chi connectivity index (χ4v) is 3.09. The van der Waals surface area contributed by atoms with Gasteiger partial charge in [0.05, 0.1) is 23.6 Å². The molecular formula is C23H23N5O3. The Morgan fingerprint density at radius 3 is 2.48 bits per heavy atom. The van der Waals surface area contributed by atoms with E-state index in [1.54, 1.807) is 10.9 Å². The topological polar surface area (TPSA) is 95.1 Å². The van der Waals surface area contributed by atoms with Crippen LogP contribution in [-0.4, -0.2) is 32.4 Å². The lowest BCUT2D eigenvalue weighted by molar-refractivity contribution is 0.102. The molecule has 158 valence electrons. The maximum Gasteiger partial charge on any atom is 0.259 e. The molecule has 0 spiro atoms. The summed E-state index contributed by atoms with van der Waals surface area (Å²) in [4.78, 5) is 17.1. The average Bonchev–Trinajstić information content (AvgIpc) is 3.42. The van der Waals surface area contributed by atoms with Crippen LogP contribution in [0.2, 0.25) is 0 Å². The zero-order valence-corrected chi connectivity index (χ0v) is 17.6. The average molecular weight is 417 g/mol. The van der Waals surface area contributed by atoms with E-state index in [4.69, 9.17) is 9.26 Å². The number of carbonyl (C=O) groups excluding carboxylic acids is 1. The van der Waals surface area contributed by atoms with Crippen molar-refractivity contribution in [2.75, 3.05) is 11.9 Å². The number of hydrogen-bond donors (Lipinski definition) is 1. The molecule has 0 saturated carbocycles. The van der Waals surface area contributed by atoms with E-state index in [0.717, 1.165) is 17.0 Å². The highest BCUT2D eigenvalue weighted by Gasteiger charge is 2.15. The Morgan fingerprint density at radius 2 is 1.84 bits per heavy atom. The zero-order chi connectivity index (χ0) is 21.8. The van der Waals surface area contributed by atoms with Crippen LogP contribution in [-0.2, 0) is 6.42 Å². The van der Waals surface area contributed by atoms with Gasteiger partial charge in [-0.1, -0.05) is 12.1 Å². The van der Waals surface area contributed by atoms with E-state index < -0.39 is 0 Å². The molecule has 2 aromatic heterocycles. The van der Waals surface area contributed by atoms with Gasteiger partial charge in [-0.25, -0.2) is 4.68 Å². The van der Waals surface area contributed by atoms with Crippen LogP contribution in [0.3, 0.4) is 0 Å². The Morgan fingerprint density at radius 1 is 1.10 bits per heavy atom.